The summed E-state index contributed by atoms with van der Waals surface area (Å²) in [6.45, 7) is 0.818. The Hall–Kier alpha value is -0.830. The molecule has 0 atom stereocenters. The molecule has 0 saturated heterocycles. The zero-order valence-electron chi connectivity index (χ0n) is 6.13. The maximum atomic E-state index is 4.91. The predicted molar refractivity (Wildman–Crippen MR) is 38.8 cm³/mol. The molecule has 3 heteroatoms. The number of aromatic nitrogens is 2. The molecule has 1 rings (SSSR count). The molecule has 0 aliphatic rings. The van der Waals surface area contributed by atoms with Crippen LogP contribution < -0.4 is 0 Å². The first kappa shape index (κ1) is 7.28. The first-order valence-electron chi connectivity index (χ1n) is 3.40. The highest BCUT2D eigenvalue weighted by molar-refractivity contribution is 4.96. The van der Waals surface area contributed by atoms with E-state index in [0.717, 1.165) is 19.4 Å². The van der Waals surface area contributed by atoms with E-state index in [9.17, 15) is 0 Å². The minimum atomic E-state index is 0.818. The summed E-state index contributed by atoms with van der Waals surface area (Å²) in [5, 5.41) is 6.73. The third-order valence-electron chi connectivity index (χ3n) is 1.35. The molecule has 56 valence electrons. The monoisotopic (exact) mass is 140 g/mol. The summed E-state index contributed by atoms with van der Waals surface area (Å²) in [5.41, 5.74) is 1.18. The number of H-pyrrole nitrogens is 1. The van der Waals surface area contributed by atoms with Gasteiger partial charge in [-0.15, -0.1) is 0 Å². The van der Waals surface area contributed by atoms with Crippen LogP contribution in [0.25, 0.3) is 0 Å². The fourth-order valence-corrected chi connectivity index (χ4v) is 0.831. The molecule has 0 radical (unpaired) electrons. The van der Waals surface area contributed by atoms with Crippen molar-refractivity contribution >= 4 is 0 Å². The number of aryl methyl sites for hydroxylation is 1. The molecular weight excluding hydrogens is 128 g/mol. The molecular formula is C7H12N2O. The molecule has 0 bridgehead atoms. The number of ether oxygens (including phenoxy) is 1. The van der Waals surface area contributed by atoms with Gasteiger partial charge in [0.05, 0.1) is 0 Å². The molecule has 0 aliphatic carbocycles. The van der Waals surface area contributed by atoms with Crippen molar-refractivity contribution in [2.75, 3.05) is 13.7 Å². The molecule has 0 unspecified atom stereocenters. The van der Waals surface area contributed by atoms with Crippen LogP contribution in [0.4, 0.5) is 0 Å². The van der Waals surface area contributed by atoms with Crippen molar-refractivity contribution in [2.45, 2.75) is 12.8 Å². The van der Waals surface area contributed by atoms with Crippen LogP contribution in [0.15, 0.2) is 12.3 Å². The van der Waals surface area contributed by atoms with Crippen molar-refractivity contribution in [3.63, 3.8) is 0 Å². The van der Waals surface area contributed by atoms with Gasteiger partial charge in [-0.3, -0.25) is 5.10 Å². The van der Waals surface area contributed by atoms with Crippen LogP contribution in [0, 0.1) is 0 Å². The van der Waals surface area contributed by atoms with Crippen LogP contribution >= 0.6 is 0 Å². The normalized spacial score (nSPS) is 10.1. The molecule has 1 heterocycles. The largest absolute Gasteiger partial charge is 0.385 e. The molecule has 0 fully saturated rings. The van der Waals surface area contributed by atoms with Crippen LogP contribution in [-0.2, 0) is 11.2 Å². The number of nitrogens with zero attached hydrogens (tertiary/aromatic N) is 1. The van der Waals surface area contributed by atoms with Crippen LogP contribution in [0.3, 0.4) is 0 Å². The first-order valence-corrected chi connectivity index (χ1v) is 3.40. The lowest BCUT2D eigenvalue weighted by Crippen LogP contribution is -1.92. The first-order chi connectivity index (χ1) is 4.93. The predicted octanol–water partition coefficient (Wildman–Crippen LogP) is 0.989. The van der Waals surface area contributed by atoms with Crippen molar-refractivity contribution in [1.29, 1.82) is 0 Å². The fraction of sp³-hybridized carbons (Fsp3) is 0.571. The number of hydrogen-bond acceptors (Lipinski definition) is 2. The second-order valence-corrected chi connectivity index (χ2v) is 2.18. The number of rotatable bonds is 4. The van der Waals surface area contributed by atoms with Gasteiger partial charge in [0.15, 0.2) is 0 Å². The average Bonchev–Trinajstić information content (AvgIpc) is 2.41. The van der Waals surface area contributed by atoms with Gasteiger partial charge in [0, 0.05) is 25.6 Å². The molecule has 0 spiro atoms. The standard InChI is InChI=1S/C7H12N2O/c1-10-6-2-3-7-4-5-8-9-7/h4-5H,2-3,6H2,1H3,(H,8,9). The molecule has 1 aromatic heterocycles. The molecule has 1 aromatic rings. The van der Waals surface area contributed by atoms with E-state index in [2.05, 4.69) is 10.2 Å². The summed E-state index contributed by atoms with van der Waals surface area (Å²) in [5.74, 6) is 0. The Balaban J connectivity index is 2.15. The molecule has 3 nitrogen and oxygen atoms in total. The van der Waals surface area contributed by atoms with E-state index in [1.807, 2.05) is 6.07 Å². The van der Waals surface area contributed by atoms with Crippen molar-refractivity contribution in [2.24, 2.45) is 0 Å². The van der Waals surface area contributed by atoms with E-state index in [4.69, 9.17) is 4.74 Å². The van der Waals surface area contributed by atoms with Gasteiger partial charge < -0.3 is 4.74 Å². The van der Waals surface area contributed by atoms with Crippen LogP contribution in [0.2, 0.25) is 0 Å². The van der Waals surface area contributed by atoms with Gasteiger partial charge in [0.25, 0.3) is 0 Å². The number of aromatic amines is 1. The van der Waals surface area contributed by atoms with Crippen molar-refractivity contribution in [3.05, 3.63) is 18.0 Å². The molecule has 0 saturated carbocycles. The number of nitrogens with one attached hydrogen (secondary N) is 1. The Morgan fingerprint density at radius 1 is 1.70 bits per heavy atom. The van der Waals surface area contributed by atoms with Crippen LogP contribution in [-0.4, -0.2) is 23.9 Å². The van der Waals surface area contributed by atoms with E-state index in [1.54, 1.807) is 13.3 Å². The van der Waals surface area contributed by atoms with Gasteiger partial charge in [-0.25, -0.2) is 0 Å². The Labute approximate surface area is 60.4 Å². The van der Waals surface area contributed by atoms with Gasteiger partial charge in [-0.2, -0.15) is 5.10 Å². The highest BCUT2D eigenvalue weighted by Crippen LogP contribution is 1.96. The van der Waals surface area contributed by atoms with Crippen LogP contribution in [0.5, 0.6) is 0 Å². The highest BCUT2D eigenvalue weighted by atomic mass is 16.5. The summed E-state index contributed by atoms with van der Waals surface area (Å²) < 4.78 is 4.91. The Kier molecular flexibility index (Phi) is 2.96. The van der Waals surface area contributed by atoms with E-state index in [-0.39, 0.29) is 0 Å². The van der Waals surface area contributed by atoms with Crippen LogP contribution in [0.1, 0.15) is 12.1 Å². The summed E-state index contributed by atoms with van der Waals surface area (Å²) in [6, 6.07) is 1.98. The SMILES string of the molecule is COCCCc1ccn[nH]1. The second kappa shape index (κ2) is 4.06. The second-order valence-electron chi connectivity index (χ2n) is 2.18. The zero-order valence-corrected chi connectivity index (χ0v) is 6.13. The third-order valence-corrected chi connectivity index (χ3v) is 1.35. The van der Waals surface area contributed by atoms with Gasteiger partial charge in [0.2, 0.25) is 0 Å². The Morgan fingerprint density at radius 3 is 3.20 bits per heavy atom. The van der Waals surface area contributed by atoms with Gasteiger partial charge in [0.1, 0.15) is 0 Å². The highest BCUT2D eigenvalue weighted by Gasteiger charge is 1.91. The van der Waals surface area contributed by atoms with E-state index < -0.39 is 0 Å². The van der Waals surface area contributed by atoms with E-state index in [1.165, 1.54) is 5.69 Å². The topological polar surface area (TPSA) is 37.9 Å². The molecule has 0 aromatic carbocycles. The molecule has 10 heavy (non-hydrogen) atoms. The third kappa shape index (κ3) is 2.19. The number of hydrogen-bond donors (Lipinski definition) is 1. The minimum absolute atomic E-state index is 0.818. The van der Waals surface area contributed by atoms with Crippen molar-refractivity contribution in [3.8, 4) is 0 Å². The minimum Gasteiger partial charge on any atom is -0.385 e. The van der Waals surface area contributed by atoms with E-state index >= 15 is 0 Å². The summed E-state index contributed by atoms with van der Waals surface area (Å²) in [6.07, 6.45) is 3.84. The summed E-state index contributed by atoms with van der Waals surface area (Å²) in [4.78, 5) is 0. The lowest BCUT2D eigenvalue weighted by Gasteiger charge is -1.95. The van der Waals surface area contributed by atoms with Gasteiger partial charge in [-0.1, -0.05) is 0 Å². The average molecular weight is 140 g/mol. The maximum Gasteiger partial charge on any atom is 0.0490 e. The Bertz CT molecular complexity index is 160. The van der Waals surface area contributed by atoms with Crippen molar-refractivity contribution < 1.29 is 4.74 Å². The molecule has 0 aliphatic heterocycles. The summed E-state index contributed by atoms with van der Waals surface area (Å²) >= 11 is 0. The van der Waals surface area contributed by atoms with Crippen molar-refractivity contribution in [1.82, 2.24) is 10.2 Å². The molecule has 1 N–H and O–H groups in total. The lowest BCUT2D eigenvalue weighted by atomic mass is 10.2. The lowest BCUT2D eigenvalue weighted by molar-refractivity contribution is 0.195. The zero-order chi connectivity index (χ0) is 7.23. The smallest absolute Gasteiger partial charge is 0.0490 e. The summed E-state index contributed by atoms with van der Waals surface area (Å²) in [7, 11) is 1.72. The number of methoxy groups -OCH3 is 1. The van der Waals surface area contributed by atoms with Gasteiger partial charge >= 0.3 is 0 Å². The molecule has 0 amide bonds. The van der Waals surface area contributed by atoms with E-state index in [0.29, 0.717) is 0 Å². The quantitative estimate of drug-likeness (QED) is 0.633. The van der Waals surface area contributed by atoms with Gasteiger partial charge in [-0.05, 0) is 18.9 Å². The fourth-order valence-electron chi connectivity index (χ4n) is 0.831. The Morgan fingerprint density at radius 2 is 2.60 bits per heavy atom. The maximum absolute atomic E-state index is 4.91.